The molecule has 0 saturated carbocycles. The van der Waals surface area contributed by atoms with Crippen LogP contribution in [0.1, 0.15) is 30.0 Å². The van der Waals surface area contributed by atoms with E-state index in [1.807, 2.05) is 30.5 Å². The van der Waals surface area contributed by atoms with E-state index in [1.54, 1.807) is 7.11 Å². The first-order valence-electron chi connectivity index (χ1n) is 9.95. The van der Waals surface area contributed by atoms with Crippen LogP contribution in [0.4, 0.5) is 0 Å². The minimum Gasteiger partial charge on any atom is -0.496 e. The van der Waals surface area contributed by atoms with Crippen LogP contribution >= 0.6 is 0 Å². The number of ether oxygens (including phenoxy) is 1. The largest absolute Gasteiger partial charge is 0.496 e. The van der Waals surface area contributed by atoms with Gasteiger partial charge in [0.25, 0.3) is 0 Å². The first-order chi connectivity index (χ1) is 13.8. The van der Waals surface area contributed by atoms with Gasteiger partial charge in [0.2, 0.25) is 0 Å². The van der Waals surface area contributed by atoms with Crippen LogP contribution in [-0.2, 0) is 6.54 Å². The highest BCUT2D eigenvalue weighted by atomic mass is 16.5. The molecule has 4 rings (SSSR count). The molecule has 1 fully saturated rings. The molecule has 0 aliphatic carbocycles. The lowest BCUT2D eigenvalue weighted by Crippen LogP contribution is -2.45. The zero-order valence-corrected chi connectivity index (χ0v) is 16.3. The predicted octanol–water partition coefficient (Wildman–Crippen LogP) is 4.34. The maximum atomic E-state index is 5.61. The third-order valence-corrected chi connectivity index (χ3v) is 5.41. The van der Waals surface area contributed by atoms with E-state index in [2.05, 4.69) is 58.1 Å². The van der Waals surface area contributed by atoms with E-state index in [-0.39, 0.29) is 0 Å². The molecule has 0 spiro atoms. The molecule has 1 saturated heterocycles. The molecule has 0 radical (unpaired) electrons. The van der Waals surface area contributed by atoms with Crippen molar-refractivity contribution in [3.05, 3.63) is 84.1 Å². The molecule has 3 aromatic rings. The molecule has 2 N–H and O–H groups in total. The van der Waals surface area contributed by atoms with Crippen molar-refractivity contribution in [3.63, 3.8) is 0 Å². The molecule has 1 aromatic heterocycles. The van der Waals surface area contributed by atoms with E-state index in [1.165, 1.54) is 12.0 Å². The van der Waals surface area contributed by atoms with Crippen LogP contribution in [0.5, 0.6) is 5.75 Å². The third kappa shape index (κ3) is 4.24. The predicted molar refractivity (Wildman–Crippen MR) is 113 cm³/mol. The molecule has 28 heavy (non-hydrogen) atoms. The van der Waals surface area contributed by atoms with Crippen molar-refractivity contribution in [2.24, 2.45) is 0 Å². The zero-order chi connectivity index (χ0) is 19.2. The quantitative estimate of drug-likeness (QED) is 0.675. The summed E-state index contributed by atoms with van der Waals surface area (Å²) in [5.41, 5.74) is 4.59. The fourth-order valence-electron chi connectivity index (χ4n) is 3.97. The van der Waals surface area contributed by atoms with Gasteiger partial charge in [-0.05, 0) is 55.3 Å². The van der Waals surface area contributed by atoms with Gasteiger partial charge in [0.15, 0.2) is 0 Å². The maximum absolute atomic E-state index is 5.61. The van der Waals surface area contributed by atoms with Crippen molar-refractivity contribution >= 4 is 0 Å². The van der Waals surface area contributed by atoms with E-state index in [0.29, 0.717) is 12.1 Å². The van der Waals surface area contributed by atoms with Crippen molar-refractivity contribution in [3.8, 4) is 17.0 Å². The number of benzene rings is 2. The van der Waals surface area contributed by atoms with Gasteiger partial charge in [0.1, 0.15) is 5.75 Å². The van der Waals surface area contributed by atoms with Gasteiger partial charge in [-0.15, -0.1) is 0 Å². The zero-order valence-electron chi connectivity index (χ0n) is 16.3. The molecule has 1 aliphatic rings. The summed E-state index contributed by atoms with van der Waals surface area (Å²) in [6.07, 6.45) is 4.18. The first kappa shape index (κ1) is 18.7. The topological polar surface area (TPSA) is 46.2 Å². The molecule has 144 valence electrons. The first-order valence-corrected chi connectivity index (χ1v) is 9.95. The standard InChI is InChI=1S/C24H27N3O/c1-28-23-13-12-19(21-10-5-6-14-25-21)16-20(23)17-27-22-11-7-15-26-24(22)18-8-3-2-4-9-18/h2-6,8-10,12-14,16,22,24,26-27H,7,11,15,17H2,1H3. The number of pyridine rings is 1. The monoisotopic (exact) mass is 373 g/mol. The molecule has 4 heteroatoms. The number of nitrogens with one attached hydrogen (secondary N) is 2. The number of nitrogens with zero attached hydrogens (tertiary/aromatic N) is 1. The number of aromatic nitrogens is 1. The Hall–Kier alpha value is -2.69. The van der Waals surface area contributed by atoms with Crippen LogP contribution in [0.15, 0.2) is 72.9 Å². The van der Waals surface area contributed by atoms with Gasteiger partial charge >= 0.3 is 0 Å². The lowest BCUT2D eigenvalue weighted by atomic mass is 9.92. The Kier molecular flexibility index (Phi) is 6.00. The summed E-state index contributed by atoms with van der Waals surface area (Å²) in [5, 5.41) is 7.46. The summed E-state index contributed by atoms with van der Waals surface area (Å²) < 4.78 is 5.61. The molecule has 2 unspecified atom stereocenters. The van der Waals surface area contributed by atoms with E-state index in [9.17, 15) is 0 Å². The van der Waals surface area contributed by atoms with Gasteiger partial charge in [0.05, 0.1) is 12.8 Å². The van der Waals surface area contributed by atoms with Crippen LogP contribution in [0.2, 0.25) is 0 Å². The Morgan fingerprint density at radius 3 is 2.71 bits per heavy atom. The molecular weight excluding hydrogens is 346 g/mol. The summed E-state index contributed by atoms with van der Waals surface area (Å²) in [4.78, 5) is 4.48. The normalized spacial score (nSPS) is 19.3. The number of rotatable bonds is 6. The second-order valence-electron chi connectivity index (χ2n) is 7.21. The maximum Gasteiger partial charge on any atom is 0.123 e. The summed E-state index contributed by atoms with van der Waals surface area (Å²) in [7, 11) is 1.73. The van der Waals surface area contributed by atoms with Crippen LogP contribution in [-0.4, -0.2) is 24.7 Å². The van der Waals surface area contributed by atoms with Crippen LogP contribution in [0, 0.1) is 0 Å². The molecule has 0 bridgehead atoms. The number of hydrogen-bond donors (Lipinski definition) is 2. The summed E-state index contributed by atoms with van der Waals surface area (Å²) in [6, 6.07) is 23.7. The van der Waals surface area contributed by atoms with Crippen LogP contribution < -0.4 is 15.4 Å². The minimum atomic E-state index is 0.333. The number of methoxy groups -OCH3 is 1. The van der Waals surface area contributed by atoms with Gasteiger partial charge < -0.3 is 15.4 Å². The molecule has 1 aliphatic heterocycles. The van der Waals surface area contributed by atoms with E-state index < -0.39 is 0 Å². The average molecular weight is 374 g/mol. The highest BCUT2D eigenvalue weighted by Gasteiger charge is 2.25. The lowest BCUT2D eigenvalue weighted by Gasteiger charge is -2.34. The van der Waals surface area contributed by atoms with Crippen molar-refractivity contribution in [2.75, 3.05) is 13.7 Å². The van der Waals surface area contributed by atoms with Gasteiger partial charge in [-0.1, -0.05) is 36.4 Å². The van der Waals surface area contributed by atoms with Crippen molar-refractivity contribution in [2.45, 2.75) is 31.5 Å². The summed E-state index contributed by atoms with van der Waals surface area (Å²) in [6.45, 7) is 1.83. The average Bonchev–Trinajstić information content (AvgIpc) is 2.79. The second kappa shape index (κ2) is 9.00. The number of hydrogen-bond acceptors (Lipinski definition) is 4. The van der Waals surface area contributed by atoms with E-state index >= 15 is 0 Å². The second-order valence-corrected chi connectivity index (χ2v) is 7.21. The van der Waals surface area contributed by atoms with Crippen molar-refractivity contribution < 1.29 is 4.74 Å². The molecular formula is C24H27N3O. The molecule has 0 amide bonds. The molecule has 2 atom stereocenters. The van der Waals surface area contributed by atoms with Crippen molar-refractivity contribution in [1.82, 2.24) is 15.6 Å². The smallest absolute Gasteiger partial charge is 0.123 e. The Morgan fingerprint density at radius 2 is 1.93 bits per heavy atom. The van der Waals surface area contributed by atoms with E-state index in [4.69, 9.17) is 4.74 Å². The third-order valence-electron chi connectivity index (χ3n) is 5.41. The lowest BCUT2D eigenvalue weighted by molar-refractivity contribution is 0.303. The summed E-state index contributed by atoms with van der Waals surface area (Å²) >= 11 is 0. The minimum absolute atomic E-state index is 0.333. The molecule has 4 nitrogen and oxygen atoms in total. The fourth-order valence-corrected chi connectivity index (χ4v) is 3.97. The fraction of sp³-hybridized carbons (Fsp3) is 0.292. The van der Waals surface area contributed by atoms with Crippen LogP contribution in [0.3, 0.4) is 0 Å². The molecule has 2 aromatic carbocycles. The van der Waals surface area contributed by atoms with Gasteiger partial charge in [0, 0.05) is 36.0 Å². The van der Waals surface area contributed by atoms with Gasteiger partial charge in [-0.3, -0.25) is 4.98 Å². The number of piperidine rings is 1. The van der Waals surface area contributed by atoms with Crippen molar-refractivity contribution in [1.29, 1.82) is 0 Å². The van der Waals surface area contributed by atoms with Crippen LogP contribution in [0.25, 0.3) is 11.3 Å². The SMILES string of the molecule is COc1ccc(-c2ccccn2)cc1CNC1CCCNC1c1ccccc1. The Balaban J connectivity index is 1.53. The van der Waals surface area contributed by atoms with E-state index in [0.717, 1.165) is 42.1 Å². The highest BCUT2D eigenvalue weighted by molar-refractivity contribution is 5.61. The van der Waals surface area contributed by atoms with Gasteiger partial charge in [-0.25, -0.2) is 0 Å². The Labute approximate surface area is 167 Å². The summed E-state index contributed by atoms with van der Waals surface area (Å²) in [5.74, 6) is 0.909. The molecule has 2 heterocycles. The van der Waals surface area contributed by atoms with Gasteiger partial charge in [-0.2, -0.15) is 0 Å². The Morgan fingerprint density at radius 1 is 1.07 bits per heavy atom. The Bertz CT molecular complexity index is 883. The highest BCUT2D eigenvalue weighted by Crippen LogP contribution is 2.27.